The van der Waals surface area contributed by atoms with Crippen LogP contribution in [0.25, 0.3) is 0 Å². The van der Waals surface area contributed by atoms with E-state index in [1.54, 1.807) is 0 Å². The smallest absolute Gasteiger partial charge is 0.0496 e. The second kappa shape index (κ2) is 5.37. The van der Waals surface area contributed by atoms with Crippen LogP contribution in [0, 0.1) is 6.92 Å². The summed E-state index contributed by atoms with van der Waals surface area (Å²) in [4.78, 5) is 1.42. The van der Waals surface area contributed by atoms with Gasteiger partial charge in [-0.25, -0.2) is 0 Å². The molecule has 0 fully saturated rings. The Balaban J connectivity index is 2.04. The van der Waals surface area contributed by atoms with E-state index in [1.807, 2.05) is 11.3 Å². The van der Waals surface area contributed by atoms with Crippen LogP contribution < -0.4 is 5.32 Å². The molecule has 2 rings (SSSR count). The molecule has 0 unspecified atom stereocenters. The van der Waals surface area contributed by atoms with Gasteiger partial charge in [0.1, 0.15) is 0 Å². The molecule has 1 aromatic heterocycles. The van der Waals surface area contributed by atoms with E-state index in [1.165, 1.54) is 21.7 Å². The molecule has 0 aliphatic heterocycles. The number of hydrogen-bond acceptors (Lipinski definition) is 2. The molecule has 0 radical (unpaired) electrons. The van der Waals surface area contributed by atoms with E-state index in [2.05, 4.69) is 61.8 Å². The van der Waals surface area contributed by atoms with Crippen LogP contribution in [0.15, 0.2) is 35.7 Å². The van der Waals surface area contributed by atoms with Gasteiger partial charge >= 0.3 is 0 Å². The summed E-state index contributed by atoms with van der Waals surface area (Å²) in [6.07, 6.45) is 0. The minimum atomic E-state index is 0.584. The van der Waals surface area contributed by atoms with Gasteiger partial charge in [0.05, 0.1) is 0 Å². The Bertz CT molecular complexity index is 485. The largest absolute Gasteiger partial charge is 0.380 e. The highest BCUT2D eigenvalue weighted by Gasteiger charge is 2.02. The zero-order valence-electron chi connectivity index (χ0n) is 10.7. The monoisotopic (exact) mass is 245 g/mol. The third kappa shape index (κ3) is 3.10. The van der Waals surface area contributed by atoms with E-state index < -0.39 is 0 Å². The van der Waals surface area contributed by atoms with Crippen molar-refractivity contribution >= 4 is 17.0 Å². The molecule has 2 aromatic rings. The van der Waals surface area contributed by atoms with Crippen LogP contribution >= 0.6 is 11.3 Å². The fourth-order valence-corrected chi connectivity index (χ4v) is 2.62. The average molecular weight is 245 g/mol. The Kier molecular flexibility index (Phi) is 3.85. The molecule has 0 saturated carbocycles. The van der Waals surface area contributed by atoms with E-state index in [0.29, 0.717) is 5.92 Å². The van der Waals surface area contributed by atoms with Crippen LogP contribution in [0.5, 0.6) is 0 Å². The molecule has 90 valence electrons. The summed E-state index contributed by atoms with van der Waals surface area (Å²) in [5, 5.41) is 5.64. The number of benzene rings is 1. The summed E-state index contributed by atoms with van der Waals surface area (Å²) in [6, 6.07) is 10.9. The van der Waals surface area contributed by atoms with Gasteiger partial charge < -0.3 is 5.32 Å². The summed E-state index contributed by atoms with van der Waals surface area (Å²) < 4.78 is 0. The lowest BCUT2D eigenvalue weighted by atomic mass is 10.0. The van der Waals surface area contributed by atoms with Crippen molar-refractivity contribution in [2.45, 2.75) is 33.2 Å². The molecule has 0 bridgehead atoms. The molecule has 1 heterocycles. The zero-order valence-corrected chi connectivity index (χ0v) is 11.5. The topological polar surface area (TPSA) is 12.0 Å². The number of hydrogen-bond donors (Lipinski definition) is 1. The van der Waals surface area contributed by atoms with Crippen molar-refractivity contribution in [1.82, 2.24) is 0 Å². The maximum absolute atomic E-state index is 3.49. The van der Waals surface area contributed by atoms with Gasteiger partial charge in [0.25, 0.3) is 0 Å². The fourth-order valence-electron chi connectivity index (χ4n) is 1.78. The van der Waals surface area contributed by atoms with Crippen LogP contribution in [-0.4, -0.2) is 0 Å². The van der Waals surface area contributed by atoms with Crippen molar-refractivity contribution in [3.05, 3.63) is 51.7 Å². The van der Waals surface area contributed by atoms with Gasteiger partial charge in [0, 0.05) is 17.1 Å². The maximum atomic E-state index is 3.49. The highest BCUT2D eigenvalue weighted by molar-refractivity contribution is 7.10. The SMILES string of the molecule is Cc1ccsc1CNc1cccc(C(C)C)c1. The van der Waals surface area contributed by atoms with Gasteiger partial charge in [-0.1, -0.05) is 26.0 Å². The molecule has 0 saturated heterocycles. The molecule has 1 nitrogen and oxygen atoms in total. The number of anilines is 1. The minimum absolute atomic E-state index is 0.584. The molecule has 2 heteroatoms. The van der Waals surface area contributed by atoms with E-state index in [-0.39, 0.29) is 0 Å². The van der Waals surface area contributed by atoms with Gasteiger partial charge in [-0.15, -0.1) is 11.3 Å². The van der Waals surface area contributed by atoms with Crippen molar-refractivity contribution in [3.8, 4) is 0 Å². The maximum Gasteiger partial charge on any atom is 0.0496 e. The van der Waals surface area contributed by atoms with Crippen LogP contribution in [0.3, 0.4) is 0 Å². The molecule has 1 N–H and O–H groups in total. The van der Waals surface area contributed by atoms with Gasteiger partial charge in [-0.3, -0.25) is 0 Å². The molecule has 1 aromatic carbocycles. The quantitative estimate of drug-likeness (QED) is 0.816. The fraction of sp³-hybridized carbons (Fsp3) is 0.333. The highest BCUT2D eigenvalue weighted by Crippen LogP contribution is 2.21. The molecular formula is C15H19NS. The van der Waals surface area contributed by atoms with Gasteiger partial charge in [-0.05, 0) is 47.5 Å². The zero-order chi connectivity index (χ0) is 12.3. The standard InChI is InChI=1S/C15H19NS/c1-11(2)13-5-4-6-14(9-13)16-10-15-12(3)7-8-17-15/h4-9,11,16H,10H2,1-3H3. The molecule has 0 atom stereocenters. The first-order chi connectivity index (χ1) is 8.16. The lowest BCUT2D eigenvalue weighted by Crippen LogP contribution is -1.99. The predicted molar refractivity (Wildman–Crippen MR) is 76.9 cm³/mol. The Morgan fingerprint density at radius 2 is 2.06 bits per heavy atom. The highest BCUT2D eigenvalue weighted by atomic mass is 32.1. The normalized spacial score (nSPS) is 10.8. The predicted octanol–water partition coefficient (Wildman–Crippen LogP) is 4.79. The lowest BCUT2D eigenvalue weighted by Gasteiger charge is -2.10. The van der Waals surface area contributed by atoms with Crippen LogP contribution in [0.4, 0.5) is 5.69 Å². The Morgan fingerprint density at radius 3 is 2.71 bits per heavy atom. The second-order valence-electron chi connectivity index (χ2n) is 4.66. The number of nitrogens with one attached hydrogen (secondary N) is 1. The Labute approximate surface area is 108 Å². The number of rotatable bonds is 4. The lowest BCUT2D eigenvalue weighted by molar-refractivity contribution is 0.866. The molecular weight excluding hydrogens is 226 g/mol. The molecule has 17 heavy (non-hydrogen) atoms. The summed E-state index contributed by atoms with van der Waals surface area (Å²) in [5.41, 5.74) is 3.98. The van der Waals surface area contributed by atoms with E-state index in [9.17, 15) is 0 Å². The second-order valence-corrected chi connectivity index (χ2v) is 5.66. The van der Waals surface area contributed by atoms with Crippen molar-refractivity contribution < 1.29 is 0 Å². The van der Waals surface area contributed by atoms with Crippen molar-refractivity contribution in [2.24, 2.45) is 0 Å². The summed E-state index contributed by atoms with van der Waals surface area (Å²) in [6.45, 7) is 7.54. The van der Waals surface area contributed by atoms with Crippen LogP contribution in [-0.2, 0) is 6.54 Å². The summed E-state index contributed by atoms with van der Waals surface area (Å²) in [7, 11) is 0. The average Bonchev–Trinajstić information content (AvgIpc) is 2.72. The van der Waals surface area contributed by atoms with Gasteiger partial charge in [-0.2, -0.15) is 0 Å². The van der Waals surface area contributed by atoms with Crippen molar-refractivity contribution in [3.63, 3.8) is 0 Å². The number of aryl methyl sites for hydroxylation is 1. The van der Waals surface area contributed by atoms with E-state index >= 15 is 0 Å². The van der Waals surface area contributed by atoms with Gasteiger partial charge in [0.2, 0.25) is 0 Å². The van der Waals surface area contributed by atoms with E-state index in [4.69, 9.17) is 0 Å². The molecule has 0 aliphatic rings. The van der Waals surface area contributed by atoms with Crippen molar-refractivity contribution in [1.29, 1.82) is 0 Å². The minimum Gasteiger partial charge on any atom is -0.380 e. The summed E-state index contributed by atoms with van der Waals surface area (Å²) in [5.74, 6) is 0.584. The molecule has 0 aliphatic carbocycles. The van der Waals surface area contributed by atoms with Crippen LogP contribution in [0.1, 0.15) is 35.8 Å². The third-order valence-corrected chi connectivity index (χ3v) is 4.00. The van der Waals surface area contributed by atoms with Crippen LogP contribution in [0.2, 0.25) is 0 Å². The summed E-state index contributed by atoms with van der Waals surface area (Å²) >= 11 is 1.82. The Morgan fingerprint density at radius 1 is 1.24 bits per heavy atom. The van der Waals surface area contributed by atoms with E-state index in [0.717, 1.165) is 6.54 Å². The first-order valence-electron chi connectivity index (χ1n) is 6.03. The first kappa shape index (κ1) is 12.2. The van der Waals surface area contributed by atoms with Gasteiger partial charge in [0.15, 0.2) is 0 Å². The molecule has 0 spiro atoms. The molecule has 0 amide bonds. The first-order valence-corrected chi connectivity index (χ1v) is 6.91. The number of thiophene rings is 1. The van der Waals surface area contributed by atoms with Crippen molar-refractivity contribution in [2.75, 3.05) is 5.32 Å². The third-order valence-electron chi connectivity index (χ3n) is 2.97. The Hall–Kier alpha value is -1.28.